The Hall–Kier alpha value is -2.34. The summed E-state index contributed by atoms with van der Waals surface area (Å²) in [6, 6.07) is 7.31. The number of rotatable bonds is 3. The van der Waals surface area contributed by atoms with Crippen molar-refractivity contribution in [3.05, 3.63) is 41.7 Å². The van der Waals surface area contributed by atoms with Gasteiger partial charge in [-0.05, 0) is 31.2 Å². The van der Waals surface area contributed by atoms with Crippen molar-refractivity contribution < 1.29 is 14.3 Å². The summed E-state index contributed by atoms with van der Waals surface area (Å²) in [5.41, 5.74) is 1.08. The molecule has 3 rings (SSSR count). The molecule has 2 aliphatic heterocycles. The Bertz CT molecular complexity index is 617. The van der Waals surface area contributed by atoms with Crippen molar-refractivity contribution in [3.63, 3.8) is 0 Å². The van der Waals surface area contributed by atoms with Crippen molar-refractivity contribution in [1.29, 1.82) is 0 Å². The summed E-state index contributed by atoms with van der Waals surface area (Å²) < 4.78 is 10.5. The van der Waals surface area contributed by atoms with Crippen LogP contribution in [0.1, 0.15) is 12.0 Å². The quantitative estimate of drug-likeness (QED) is 0.670. The van der Waals surface area contributed by atoms with E-state index in [4.69, 9.17) is 9.47 Å². The lowest BCUT2D eigenvalue weighted by Gasteiger charge is -2.16. The summed E-state index contributed by atoms with van der Waals surface area (Å²) in [5, 5.41) is 3.32. The molecule has 2 aliphatic rings. The molecule has 0 unspecified atom stereocenters. The summed E-state index contributed by atoms with van der Waals surface area (Å²) in [4.78, 5) is 18.4. The summed E-state index contributed by atoms with van der Waals surface area (Å²) in [6.45, 7) is 3.68. The Labute approximate surface area is 129 Å². The fourth-order valence-corrected chi connectivity index (χ4v) is 2.45. The third-order valence-electron chi connectivity index (χ3n) is 3.62. The number of hydrogen-bond acceptors (Lipinski definition) is 6. The van der Waals surface area contributed by atoms with E-state index in [0.29, 0.717) is 17.3 Å². The number of esters is 1. The number of methoxy groups -OCH3 is 1. The molecule has 116 valence electrons. The van der Waals surface area contributed by atoms with Gasteiger partial charge in [0.15, 0.2) is 5.70 Å². The topological polar surface area (TPSA) is 63.2 Å². The molecule has 1 N–H and O–H groups in total. The first-order valence-corrected chi connectivity index (χ1v) is 7.38. The van der Waals surface area contributed by atoms with E-state index in [0.717, 1.165) is 38.2 Å². The number of ether oxygens (including phenoxy) is 2. The molecule has 0 amide bonds. The van der Waals surface area contributed by atoms with Gasteiger partial charge in [-0.1, -0.05) is 6.07 Å². The van der Waals surface area contributed by atoms with Gasteiger partial charge in [0.1, 0.15) is 5.75 Å². The van der Waals surface area contributed by atoms with Crippen molar-refractivity contribution in [2.75, 3.05) is 33.3 Å². The average Bonchev–Trinajstić information content (AvgIpc) is 2.75. The molecule has 6 nitrogen and oxygen atoms in total. The third-order valence-corrected chi connectivity index (χ3v) is 3.62. The van der Waals surface area contributed by atoms with Crippen LogP contribution >= 0.6 is 0 Å². The van der Waals surface area contributed by atoms with Crippen molar-refractivity contribution in [2.24, 2.45) is 4.99 Å². The van der Waals surface area contributed by atoms with Crippen LogP contribution in [0.2, 0.25) is 0 Å². The fraction of sp³-hybridized carbons (Fsp3) is 0.375. The maximum atomic E-state index is 12.0. The highest BCUT2D eigenvalue weighted by Crippen LogP contribution is 2.20. The van der Waals surface area contributed by atoms with Crippen LogP contribution in [0.15, 0.2) is 41.2 Å². The molecule has 1 aromatic rings. The van der Waals surface area contributed by atoms with Crippen LogP contribution in [0.5, 0.6) is 5.75 Å². The lowest BCUT2D eigenvalue weighted by molar-refractivity contribution is -0.130. The van der Waals surface area contributed by atoms with Crippen molar-refractivity contribution in [1.82, 2.24) is 10.2 Å². The Balaban J connectivity index is 1.81. The molecule has 2 heterocycles. The smallest absolute Gasteiger partial charge is 0.365 e. The molecule has 1 aromatic carbocycles. The fourth-order valence-electron chi connectivity index (χ4n) is 2.45. The van der Waals surface area contributed by atoms with Gasteiger partial charge in [0, 0.05) is 31.4 Å². The van der Waals surface area contributed by atoms with E-state index in [1.165, 1.54) is 0 Å². The molecule has 6 heteroatoms. The van der Waals surface area contributed by atoms with Crippen LogP contribution in [-0.4, -0.2) is 50.1 Å². The highest BCUT2D eigenvalue weighted by Gasteiger charge is 2.25. The first-order valence-electron chi connectivity index (χ1n) is 7.38. The van der Waals surface area contributed by atoms with Gasteiger partial charge in [0.2, 0.25) is 5.90 Å². The second kappa shape index (κ2) is 6.62. The zero-order valence-corrected chi connectivity index (χ0v) is 12.5. The highest BCUT2D eigenvalue weighted by atomic mass is 16.6. The van der Waals surface area contributed by atoms with E-state index in [1.54, 1.807) is 19.4 Å². The van der Waals surface area contributed by atoms with E-state index in [9.17, 15) is 4.79 Å². The maximum absolute atomic E-state index is 12.0. The summed E-state index contributed by atoms with van der Waals surface area (Å²) in [5.74, 6) is 0.616. The Morgan fingerprint density at radius 3 is 3.14 bits per heavy atom. The Kier molecular flexibility index (Phi) is 4.39. The van der Waals surface area contributed by atoms with Gasteiger partial charge in [-0.25, -0.2) is 9.79 Å². The predicted octanol–water partition coefficient (Wildman–Crippen LogP) is 1.14. The van der Waals surface area contributed by atoms with Crippen molar-refractivity contribution in [2.45, 2.75) is 6.42 Å². The molecule has 0 saturated carbocycles. The first kappa shape index (κ1) is 14.6. The van der Waals surface area contributed by atoms with Gasteiger partial charge < -0.3 is 19.7 Å². The number of aliphatic imine (C=N–C) groups is 1. The van der Waals surface area contributed by atoms with E-state index >= 15 is 0 Å². The van der Waals surface area contributed by atoms with Gasteiger partial charge >= 0.3 is 5.97 Å². The molecule has 22 heavy (non-hydrogen) atoms. The molecule has 0 spiro atoms. The number of nitrogens with zero attached hydrogens (tertiary/aromatic N) is 2. The normalized spacial score (nSPS) is 20.6. The van der Waals surface area contributed by atoms with Crippen LogP contribution in [0, 0.1) is 0 Å². The molecule has 1 fully saturated rings. The van der Waals surface area contributed by atoms with Crippen LogP contribution in [-0.2, 0) is 9.53 Å². The van der Waals surface area contributed by atoms with E-state index in [-0.39, 0.29) is 0 Å². The zero-order chi connectivity index (χ0) is 15.4. The van der Waals surface area contributed by atoms with Crippen molar-refractivity contribution >= 4 is 11.9 Å². The van der Waals surface area contributed by atoms with Crippen LogP contribution in [0.25, 0.3) is 0 Å². The number of hydrogen-bond donors (Lipinski definition) is 1. The standard InChI is InChI=1S/C16H19N3O3/c1-21-13-5-2-4-12(10-13)15-18-14(16(20)22-15)11-19-8-3-6-17-7-9-19/h2,4-5,10-11,17H,3,6-9H2,1H3/b14-11+. The molecule has 0 bridgehead atoms. The number of carbonyl (C=O) groups excluding carboxylic acids is 1. The maximum Gasteiger partial charge on any atom is 0.365 e. The Morgan fingerprint density at radius 1 is 1.36 bits per heavy atom. The molecular formula is C16H19N3O3. The molecular weight excluding hydrogens is 282 g/mol. The minimum absolute atomic E-state index is 0.322. The SMILES string of the molecule is COc1cccc(C2=N/C(=C/N3CCCNCC3)C(=O)O2)c1. The lowest BCUT2D eigenvalue weighted by atomic mass is 10.2. The predicted molar refractivity (Wildman–Crippen MR) is 82.8 cm³/mol. The van der Waals surface area contributed by atoms with Gasteiger partial charge in [0.25, 0.3) is 0 Å². The van der Waals surface area contributed by atoms with Gasteiger partial charge in [-0.3, -0.25) is 0 Å². The number of benzene rings is 1. The minimum Gasteiger partial charge on any atom is -0.497 e. The van der Waals surface area contributed by atoms with Gasteiger partial charge in [-0.15, -0.1) is 0 Å². The number of nitrogens with one attached hydrogen (secondary N) is 1. The molecule has 0 atom stereocenters. The molecule has 0 aliphatic carbocycles. The summed E-state index contributed by atoms with van der Waals surface area (Å²) in [7, 11) is 1.60. The monoisotopic (exact) mass is 301 g/mol. The Morgan fingerprint density at radius 2 is 2.27 bits per heavy atom. The zero-order valence-electron chi connectivity index (χ0n) is 12.5. The molecule has 0 aromatic heterocycles. The largest absolute Gasteiger partial charge is 0.497 e. The summed E-state index contributed by atoms with van der Waals surface area (Å²) >= 11 is 0. The molecule has 0 radical (unpaired) electrons. The van der Waals surface area contributed by atoms with E-state index in [1.807, 2.05) is 18.2 Å². The van der Waals surface area contributed by atoms with Crippen LogP contribution in [0.4, 0.5) is 0 Å². The van der Waals surface area contributed by atoms with Crippen LogP contribution < -0.4 is 10.1 Å². The second-order valence-corrected chi connectivity index (χ2v) is 5.19. The highest BCUT2D eigenvalue weighted by molar-refractivity contribution is 6.11. The van der Waals surface area contributed by atoms with E-state index in [2.05, 4.69) is 15.2 Å². The van der Waals surface area contributed by atoms with Crippen molar-refractivity contribution in [3.8, 4) is 5.75 Å². The number of cyclic esters (lactones) is 1. The van der Waals surface area contributed by atoms with Gasteiger partial charge in [-0.2, -0.15) is 0 Å². The van der Waals surface area contributed by atoms with Gasteiger partial charge in [0.05, 0.1) is 7.11 Å². The van der Waals surface area contributed by atoms with Crippen LogP contribution in [0.3, 0.4) is 0 Å². The van der Waals surface area contributed by atoms with E-state index < -0.39 is 5.97 Å². The first-order chi connectivity index (χ1) is 10.8. The average molecular weight is 301 g/mol. The number of carbonyl (C=O) groups is 1. The minimum atomic E-state index is -0.407. The second-order valence-electron chi connectivity index (χ2n) is 5.19. The summed E-state index contributed by atoms with van der Waals surface area (Å²) in [6.07, 6.45) is 2.84. The molecule has 1 saturated heterocycles. The third kappa shape index (κ3) is 3.28. The lowest BCUT2D eigenvalue weighted by Crippen LogP contribution is -2.24.